The highest BCUT2D eigenvalue weighted by Crippen LogP contribution is 2.21. The second kappa shape index (κ2) is 14.1. The third-order valence-corrected chi connectivity index (χ3v) is 5.68. The van der Waals surface area contributed by atoms with Crippen LogP contribution in [0.3, 0.4) is 0 Å². The first-order valence-electron chi connectivity index (χ1n) is 11.8. The number of aromatic nitrogens is 2. The van der Waals surface area contributed by atoms with Crippen molar-refractivity contribution < 1.29 is 9.13 Å². The maximum Gasteiger partial charge on any atom is 0.159 e. The van der Waals surface area contributed by atoms with E-state index >= 15 is 0 Å². The van der Waals surface area contributed by atoms with Crippen molar-refractivity contribution in [2.75, 3.05) is 6.61 Å². The highest BCUT2D eigenvalue weighted by molar-refractivity contribution is 5.55. The third-order valence-electron chi connectivity index (χ3n) is 5.68. The summed E-state index contributed by atoms with van der Waals surface area (Å²) >= 11 is 0. The molecule has 2 atom stereocenters. The van der Waals surface area contributed by atoms with E-state index in [0.717, 1.165) is 31.2 Å². The fourth-order valence-corrected chi connectivity index (χ4v) is 3.49. The smallest absolute Gasteiger partial charge is 0.159 e. The Kier molecular flexibility index (Phi) is 11.4. The number of hydrogen-bond donors (Lipinski definition) is 0. The van der Waals surface area contributed by atoms with Crippen molar-refractivity contribution in [2.24, 2.45) is 5.92 Å². The van der Waals surface area contributed by atoms with Crippen molar-refractivity contribution in [3.63, 3.8) is 0 Å². The van der Waals surface area contributed by atoms with Crippen LogP contribution in [-0.2, 0) is 6.42 Å². The Morgan fingerprint density at radius 3 is 2.17 bits per heavy atom. The van der Waals surface area contributed by atoms with E-state index < -0.39 is 6.17 Å². The molecule has 0 amide bonds. The van der Waals surface area contributed by atoms with Gasteiger partial charge in [0.2, 0.25) is 0 Å². The first-order chi connectivity index (χ1) is 14.6. The van der Waals surface area contributed by atoms with Crippen molar-refractivity contribution in [3.8, 4) is 17.1 Å². The summed E-state index contributed by atoms with van der Waals surface area (Å²) in [6.07, 6.45) is 14.8. The lowest BCUT2D eigenvalue weighted by atomic mass is 10.00. The summed E-state index contributed by atoms with van der Waals surface area (Å²) in [5.41, 5.74) is 2.14. The molecule has 0 aliphatic carbocycles. The Bertz CT molecular complexity index is 687. The molecule has 2 unspecified atom stereocenters. The highest BCUT2D eigenvalue weighted by Gasteiger charge is 2.16. The fraction of sp³-hybridized carbons (Fsp3) is 0.615. The maximum atomic E-state index is 14.2. The minimum Gasteiger partial charge on any atom is -0.491 e. The normalized spacial score (nSPS) is 13.2. The van der Waals surface area contributed by atoms with E-state index in [0.29, 0.717) is 11.6 Å². The van der Waals surface area contributed by atoms with Gasteiger partial charge in [0.25, 0.3) is 0 Å². The molecule has 0 spiro atoms. The molecule has 166 valence electrons. The van der Waals surface area contributed by atoms with Gasteiger partial charge >= 0.3 is 0 Å². The van der Waals surface area contributed by atoms with Crippen molar-refractivity contribution in [1.29, 1.82) is 0 Å². The SMILES string of the molecule is CCCCCCCCc1cnc(-c2ccc(OCC(F)C(C)CCCC)cc2)nc1. The number of halogens is 1. The summed E-state index contributed by atoms with van der Waals surface area (Å²) in [6, 6.07) is 7.61. The quantitative estimate of drug-likeness (QED) is 0.282. The zero-order valence-electron chi connectivity index (χ0n) is 19.1. The van der Waals surface area contributed by atoms with Crippen molar-refractivity contribution in [3.05, 3.63) is 42.2 Å². The lowest BCUT2D eigenvalue weighted by Gasteiger charge is -2.17. The van der Waals surface area contributed by atoms with E-state index in [1.165, 1.54) is 44.1 Å². The first kappa shape index (κ1) is 24.3. The summed E-state index contributed by atoms with van der Waals surface area (Å²) in [6.45, 7) is 6.44. The molecule has 30 heavy (non-hydrogen) atoms. The van der Waals surface area contributed by atoms with Crippen molar-refractivity contribution in [2.45, 2.75) is 91.2 Å². The predicted octanol–water partition coefficient (Wildman–Crippen LogP) is 7.59. The van der Waals surface area contributed by atoms with Crippen LogP contribution in [0.2, 0.25) is 0 Å². The van der Waals surface area contributed by atoms with Gasteiger partial charge in [-0.3, -0.25) is 0 Å². The molecule has 1 heterocycles. The molecule has 4 heteroatoms. The molecule has 1 aromatic heterocycles. The molecule has 0 bridgehead atoms. The Morgan fingerprint density at radius 2 is 1.50 bits per heavy atom. The molecular weight excluding hydrogens is 375 g/mol. The van der Waals surface area contributed by atoms with Gasteiger partial charge in [-0.05, 0) is 55.0 Å². The topological polar surface area (TPSA) is 35.0 Å². The third kappa shape index (κ3) is 8.81. The Hall–Kier alpha value is -1.97. The van der Waals surface area contributed by atoms with Crippen LogP contribution in [0, 0.1) is 5.92 Å². The molecule has 0 fully saturated rings. The number of ether oxygens (including phenoxy) is 1. The summed E-state index contributed by atoms with van der Waals surface area (Å²) in [5.74, 6) is 1.43. The van der Waals surface area contributed by atoms with Crippen molar-refractivity contribution in [1.82, 2.24) is 9.97 Å². The van der Waals surface area contributed by atoms with Crippen LogP contribution >= 0.6 is 0 Å². The standard InChI is InChI=1S/C26H39FN2O/c1-4-6-8-9-10-11-13-22-18-28-26(29-19-22)23-14-16-24(17-15-23)30-20-25(27)21(3)12-7-5-2/h14-19,21,25H,4-13,20H2,1-3H3. The predicted molar refractivity (Wildman–Crippen MR) is 124 cm³/mol. The number of unbranched alkanes of at least 4 members (excludes halogenated alkanes) is 6. The summed E-state index contributed by atoms with van der Waals surface area (Å²) in [5, 5.41) is 0. The molecule has 0 saturated carbocycles. The molecular formula is C26H39FN2O. The molecule has 2 aromatic rings. The fourth-order valence-electron chi connectivity index (χ4n) is 3.49. The Labute approximate surface area is 182 Å². The zero-order chi connectivity index (χ0) is 21.6. The Balaban J connectivity index is 1.77. The molecule has 0 saturated heterocycles. The molecule has 1 aromatic carbocycles. The summed E-state index contributed by atoms with van der Waals surface area (Å²) < 4.78 is 19.9. The molecule has 0 N–H and O–H groups in total. The maximum absolute atomic E-state index is 14.2. The monoisotopic (exact) mass is 414 g/mol. The number of nitrogens with zero attached hydrogens (tertiary/aromatic N) is 2. The van der Waals surface area contributed by atoms with Gasteiger partial charge < -0.3 is 4.74 Å². The Morgan fingerprint density at radius 1 is 0.867 bits per heavy atom. The van der Waals surface area contributed by atoms with Crippen LogP contribution in [0.5, 0.6) is 5.75 Å². The lowest BCUT2D eigenvalue weighted by Crippen LogP contribution is -2.21. The van der Waals surface area contributed by atoms with Gasteiger partial charge in [-0.25, -0.2) is 14.4 Å². The van der Waals surface area contributed by atoms with Crippen LogP contribution in [-0.4, -0.2) is 22.7 Å². The molecule has 0 radical (unpaired) electrons. The van der Waals surface area contributed by atoms with Gasteiger partial charge in [0.15, 0.2) is 5.82 Å². The number of aryl methyl sites for hydroxylation is 1. The lowest BCUT2D eigenvalue weighted by molar-refractivity contribution is 0.142. The molecule has 0 aliphatic heterocycles. The summed E-state index contributed by atoms with van der Waals surface area (Å²) in [4.78, 5) is 9.04. The number of alkyl halides is 1. The van der Waals surface area contributed by atoms with E-state index in [-0.39, 0.29) is 12.5 Å². The second-order valence-electron chi connectivity index (χ2n) is 8.40. The van der Waals surface area contributed by atoms with E-state index in [4.69, 9.17) is 4.74 Å². The van der Waals surface area contributed by atoms with Crippen LogP contribution in [0.1, 0.15) is 84.1 Å². The average Bonchev–Trinajstić information content (AvgIpc) is 2.79. The number of rotatable bonds is 15. The minimum absolute atomic E-state index is 0.0347. The molecule has 2 rings (SSSR count). The van der Waals surface area contributed by atoms with Crippen molar-refractivity contribution >= 4 is 0 Å². The van der Waals surface area contributed by atoms with Crippen LogP contribution in [0.15, 0.2) is 36.7 Å². The average molecular weight is 415 g/mol. The first-order valence-corrected chi connectivity index (χ1v) is 11.8. The zero-order valence-corrected chi connectivity index (χ0v) is 19.1. The van der Waals surface area contributed by atoms with E-state index in [9.17, 15) is 4.39 Å². The molecule has 3 nitrogen and oxygen atoms in total. The molecule has 0 aliphatic rings. The summed E-state index contributed by atoms with van der Waals surface area (Å²) in [7, 11) is 0. The van der Waals surface area contributed by atoms with Gasteiger partial charge in [-0.2, -0.15) is 0 Å². The van der Waals surface area contributed by atoms with Crippen LogP contribution < -0.4 is 4.74 Å². The minimum atomic E-state index is -0.932. The van der Waals surface area contributed by atoms with Gasteiger partial charge in [-0.15, -0.1) is 0 Å². The van der Waals surface area contributed by atoms with Gasteiger partial charge in [0.1, 0.15) is 18.5 Å². The van der Waals surface area contributed by atoms with E-state index in [2.05, 4.69) is 23.8 Å². The number of hydrogen-bond acceptors (Lipinski definition) is 3. The van der Waals surface area contributed by atoms with E-state index in [1.807, 2.05) is 43.6 Å². The van der Waals surface area contributed by atoms with Gasteiger partial charge in [-0.1, -0.05) is 65.7 Å². The highest BCUT2D eigenvalue weighted by atomic mass is 19.1. The largest absolute Gasteiger partial charge is 0.491 e. The van der Waals surface area contributed by atoms with E-state index in [1.54, 1.807) is 0 Å². The second-order valence-corrected chi connectivity index (χ2v) is 8.40. The number of benzene rings is 1. The van der Waals surface area contributed by atoms with Crippen LogP contribution in [0.4, 0.5) is 4.39 Å². The van der Waals surface area contributed by atoms with Gasteiger partial charge in [0, 0.05) is 18.0 Å². The van der Waals surface area contributed by atoms with Gasteiger partial charge in [0.05, 0.1) is 0 Å². The van der Waals surface area contributed by atoms with Crippen LogP contribution in [0.25, 0.3) is 11.4 Å².